The van der Waals surface area contributed by atoms with E-state index in [0.29, 0.717) is 18.0 Å². The molecule has 4 N–H and O–H groups in total. The zero-order valence-electron chi connectivity index (χ0n) is 18.0. The van der Waals surface area contributed by atoms with E-state index in [9.17, 15) is 14.7 Å². The predicted octanol–water partition coefficient (Wildman–Crippen LogP) is 4.22. The van der Waals surface area contributed by atoms with Crippen LogP contribution in [0, 0.1) is 22.7 Å². The predicted molar refractivity (Wildman–Crippen MR) is 114 cm³/mol. The molecule has 2 fully saturated rings. The van der Waals surface area contributed by atoms with Crippen LogP contribution in [0.1, 0.15) is 66.2 Å². The highest BCUT2D eigenvalue weighted by molar-refractivity contribution is 5.90. The smallest absolute Gasteiger partial charge is 0.337 e. The van der Waals surface area contributed by atoms with Crippen LogP contribution in [-0.4, -0.2) is 22.6 Å². The molecule has 0 aromatic heterocycles. The average molecular weight is 402 g/mol. The lowest BCUT2D eigenvalue weighted by molar-refractivity contribution is -0.173. The molecule has 2 aliphatic carbocycles. The van der Waals surface area contributed by atoms with Gasteiger partial charge in [0.1, 0.15) is 0 Å². The standard InChI is InChI=1S/C23H35N3O3/c1-21(2)12-8-13-22(3)17(21)11-14-23(4,29)18(22)15-19(27)25-26-20(28)24-16-9-6-5-7-10-16/h5-7,9-10,17-18,29H,8,11-15H2,1-4H3,(H,25,27)(H2,24,26,28). The number of hydrogen-bond acceptors (Lipinski definition) is 3. The van der Waals surface area contributed by atoms with Crippen molar-refractivity contribution >= 4 is 17.6 Å². The molecule has 6 nitrogen and oxygen atoms in total. The molecule has 1 aromatic rings. The lowest BCUT2D eigenvalue weighted by atomic mass is 9.45. The second-order valence-corrected chi connectivity index (χ2v) is 10.0. The molecule has 0 bridgehead atoms. The van der Waals surface area contributed by atoms with Crippen LogP contribution in [0.4, 0.5) is 10.5 Å². The number of benzene rings is 1. The van der Waals surface area contributed by atoms with Crippen molar-refractivity contribution in [3.05, 3.63) is 30.3 Å². The lowest BCUT2D eigenvalue weighted by Crippen LogP contribution is -2.59. The largest absolute Gasteiger partial charge is 0.390 e. The van der Waals surface area contributed by atoms with E-state index in [2.05, 4.69) is 36.9 Å². The summed E-state index contributed by atoms with van der Waals surface area (Å²) in [5.41, 5.74) is 4.81. The molecule has 6 heteroatoms. The fourth-order valence-corrected chi connectivity index (χ4v) is 6.12. The normalized spacial score (nSPS) is 33.3. The number of hydrazine groups is 1. The molecular weight excluding hydrogens is 366 g/mol. The van der Waals surface area contributed by atoms with Crippen LogP contribution >= 0.6 is 0 Å². The fraction of sp³-hybridized carbons (Fsp3) is 0.652. The molecule has 2 saturated carbocycles. The second kappa shape index (κ2) is 7.98. The maximum absolute atomic E-state index is 12.7. The highest BCUT2D eigenvalue weighted by atomic mass is 16.3. The van der Waals surface area contributed by atoms with Gasteiger partial charge in [-0.3, -0.25) is 10.2 Å². The summed E-state index contributed by atoms with van der Waals surface area (Å²) in [6.07, 6.45) is 5.23. The fourth-order valence-electron chi connectivity index (χ4n) is 6.12. The Morgan fingerprint density at radius 2 is 1.72 bits per heavy atom. The first-order valence-corrected chi connectivity index (χ1v) is 10.7. The average Bonchev–Trinajstić information content (AvgIpc) is 2.63. The Balaban J connectivity index is 1.63. The van der Waals surface area contributed by atoms with Gasteiger partial charge in [-0.05, 0) is 61.5 Å². The van der Waals surface area contributed by atoms with E-state index in [4.69, 9.17) is 0 Å². The number of carbonyl (C=O) groups is 2. The minimum absolute atomic E-state index is 0.0901. The summed E-state index contributed by atoms with van der Waals surface area (Å²) >= 11 is 0. The highest BCUT2D eigenvalue weighted by Crippen LogP contribution is 2.62. The lowest BCUT2D eigenvalue weighted by Gasteiger charge is -2.61. The first-order valence-electron chi connectivity index (χ1n) is 10.7. The van der Waals surface area contributed by atoms with Gasteiger partial charge in [-0.25, -0.2) is 10.2 Å². The van der Waals surface area contributed by atoms with Crippen LogP contribution in [0.15, 0.2) is 30.3 Å². The first kappa shape index (κ1) is 21.6. The van der Waals surface area contributed by atoms with E-state index in [1.807, 2.05) is 25.1 Å². The van der Waals surface area contributed by atoms with E-state index < -0.39 is 11.6 Å². The maximum Gasteiger partial charge on any atom is 0.337 e. The van der Waals surface area contributed by atoms with Gasteiger partial charge in [0, 0.05) is 18.0 Å². The van der Waals surface area contributed by atoms with Crippen molar-refractivity contribution in [3.63, 3.8) is 0 Å². The van der Waals surface area contributed by atoms with E-state index in [0.717, 1.165) is 19.3 Å². The van der Waals surface area contributed by atoms with E-state index >= 15 is 0 Å². The monoisotopic (exact) mass is 401 g/mol. The van der Waals surface area contributed by atoms with Gasteiger partial charge in [-0.2, -0.15) is 0 Å². The van der Waals surface area contributed by atoms with Crippen molar-refractivity contribution in [1.29, 1.82) is 0 Å². The second-order valence-electron chi connectivity index (χ2n) is 10.0. The molecule has 0 aliphatic heterocycles. The molecule has 2 aliphatic rings. The molecule has 4 unspecified atom stereocenters. The molecule has 3 amide bonds. The van der Waals surface area contributed by atoms with Crippen LogP contribution < -0.4 is 16.2 Å². The SMILES string of the molecule is CC1(C)CCCC2(C)C1CCC(C)(O)C2CC(=O)NNC(=O)Nc1ccccc1. The van der Waals surface area contributed by atoms with Gasteiger partial charge in [0.05, 0.1) is 5.60 Å². The Labute approximate surface area is 173 Å². The topological polar surface area (TPSA) is 90.5 Å². The zero-order chi connectivity index (χ0) is 21.3. The van der Waals surface area contributed by atoms with Crippen molar-refractivity contribution in [1.82, 2.24) is 10.9 Å². The molecule has 29 heavy (non-hydrogen) atoms. The Bertz CT molecular complexity index is 747. The minimum atomic E-state index is -0.887. The third-order valence-electron chi connectivity index (χ3n) is 7.50. The summed E-state index contributed by atoms with van der Waals surface area (Å²) in [6, 6.07) is 8.55. The van der Waals surface area contributed by atoms with Gasteiger partial charge in [-0.15, -0.1) is 0 Å². The van der Waals surface area contributed by atoms with Crippen molar-refractivity contribution in [2.24, 2.45) is 22.7 Å². The maximum atomic E-state index is 12.7. The number of rotatable bonds is 3. The summed E-state index contributed by atoms with van der Waals surface area (Å²) in [6.45, 7) is 8.76. The summed E-state index contributed by atoms with van der Waals surface area (Å²) in [4.78, 5) is 24.7. The summed E-state index contributed by atoms with van der Waals surface area (Å²) in [5, 5.41) is 13.8. The number of amides is 3. The molecule has 0 spiro atoms. The zero-order valence-corrected chi connectivity index (χ0v) is 18.0. The number of carbonyl (C=O) groups excluding carboxylic acids is 2. The highest BCUT2D eigenvalue weighted by Gasteiger charge is 2.58. The number of para-hydroxylation sites is 1. The Morgan fingerprint density at radius 1 is 1.03 bits per heavy atom. The number of aliphatic hydroxyl groups is 1. The van der Waals surface area contributed by atoms with Gasteiger partial charge < -0.3 is 10.4 Å². The Kier molecular flexibility index (Phi) is 5.95. The molecule has 1 aromatic carbocycles. The van der Waals surface area contributed by atoms with Gasteiger partial charge >= 0.3 is 6.03 Å². The summed E-state index contributed by atoms with van der Waals surface area (Å²) < 4.78 is 0. The van der Waals surface area contributed by atoms with Gasteiger partial charge in [0.15, 0.2) is 0 Å². The number of anilines is 1. The number of urea groups is 1. The van der Waals surface area contributed by atoms with Crippen LogP contribution in [0.25, 0.3) is 0 Å². The number of hydrogen-bond donors (Lipinski definition) is 4. The molecule has 4 atom stereocenters. The van der Waals surface area contributed by atoms with Gasteiger partial charge in [0.25, 0.3) is 0 Å². The summed E-state index contributed by atoms with van der Waals surface area (Å²) in [7, 11) is 0. The minimum Gasteiger partial charge on any atom is -0.390 e. The summed E-state index contributed by atoms with van der Waals surface area (Å²) in [5.74, 6) is 0.0622. The molecule has 160 valence electrons. The molecule has 0 heterocycles. The third-order valence-corrected chi connectivity index (χ3v) is 7.50. The van der Waals surface area contributed by atoms with Crippen molar-refractivity contribution < 1.29 is 14.7 Å². The number of fused-ring (bicyclic) bond motifs is 1. The van der Waals surface area contributed by atoms with Crippen molar-refractivity contribution in [2.75, 3.05) is 5.32 Å². The number of nitrogens with one attached hydrogen (secondary N) is 3. The van der Waals surface area contributed by atoms with Gasteiger partial charge in [0.2, 0.25) is 5.91 Å². The molecule has 3 rings (SSSR count). The molecular formula is C23H35N3O3. The molecule has 0 saturated heterocycles. The van der Waals surface area contributed by atoms with Crippen LogP contribution in [0.3, 0.4) is 0 Å². The van der Waals surface area contributed by atoms with Crippen molar-refractivity contribution in [3.8, 4) is 0 Å². The Morgan fingerprint density at radius 3 is 2.41 bits per heavy atom. The van der Waals surface area contributed by atoms with Gasteiger partial charge in [-0.1, -0.05) is 45.4 Å². The van der Waals surface area contributed by atoms with E-state index in [1.54, 1.807) is 12.1 Å². The van der Waals surface area contributed by atoms with Crippen LogP contribution in [-0.2, 0) is 4.79 Å². The quantitative estimate of drug-likeness (QED) is 0.572. The third kappa shape index (κ3) is 4.58. The van der Waals surface area contributed by atoms with E-state index in [1.165, 1.54) is 6.42 Å². The van der Waals surface area contributed by atoms with Crippen molar-refractivity contribution in [2.45, 2.75) is 71.8 Å². The Hall–Kier alpha value is -2.08. The first-order chi connectivity index (χ1) is 13.5. The van der Waals surface area contributed by atoms with Crippen LogP contribution in [0.2, 0.25) is 0 Å². The molecule has 0 radical (unpaired) electrons. The van der Waals surface area contributed by atoms with Crippen LogP contribution in [0.5, 0.6) is 0 Å². The van der Waals surface area contributed by atoms with E-state index in [-0.39, 0.29) is 29.1 Å².